The molecule has 4 heteroatoms. The van der Waals surface area contributed by atoms with Gasteiger partial charge in [0.15, 0.2) is 0 Å². The molecule has 4 nitrogen and oxygen atoms in total. The van der Waals surface area contributed by atoms with E-state index in [1.165, 1.54) is 12.8 Å². The molecule has 102 valence electrons. The van der Waals surface area contributed by atoms with Gasteiger partial charge in [0.1, 0.15) is 0 Å². The van der Waals surface area contributed by atoms with Crippen LogP contribution in [0, 0.1) is 23.2 Å². The molecule has 2 rings (SSSR count). The Morgan fingerprint density at radius 2 is 1.89 bits per heavy atom. The predicted octanol–water partition coefficient (Wildman–Crippen LogP) is 1.99. The van der Waals surface area contributed by atoms with Crippen LogP contribution in [0.1, 0.15) is 40.0 Å². The van der Waals surface area contributed by atoms with Crippen molar-refractivity contribution in [3.05, 3.63) is 0 Å². The van der Waals surface area contributed by atoms with Gasteiger partial charge in [-0.15, -0.1) is 0 Å². The van der Waals surface area contributed by atoms with Crippen molar-refractivity contribution in [1.29, 1.82) is 0 Å². The van der Waals surface area contributed by atoms with Crippen molar-refractivity contribution >= 4 is 11.9 Å². The standard InChI is InChI=1S/C14H23NO3/c1-4-7-15(8-9-5-6-9)12(16)10-11(13(17)18)14(10,2)3/h9-11H,4-8H2,1-3H3,(H,17,18). The molecule has 2 fully saturated rings. The fraction of sp³-hybridized carbons (Fsp3) is 0.857. The van der Waals surface area contributed by atoms with Crippen LogP contribution in [0.3, 0.4) is 0 Å². The highest BCUT2D eigenvalue weighted by Gasteiger charge is 2.66. The molecule has 0 radical (unpaired) electrons. The molecule has 2 aliphatic carbocycles. The van der Waals surface area contributed by atoms with Crippen LogP contribution in [0.2, 0.25) is 0 Å². The molecule has 2 atom stereocenters. The van der Waals surface area contributed by atoms with Crippen molar-refractivity contribution in [2.45, 2.75) is 40.0 Å². The smallest absolute Gasteiger partial charge is 0.307 e. The molecule has 0 spiro atoms. The van der Waals surface area contributed by atoms with Crippen LogP contribution in [0.5, 0.6) is 0 Å². The van der Waals surface area contributed by atoms with Crippen LogP contribution >= 0.6 is 0 Å². The molecule has 0 aromatic rings. The van der Waals surface area contributed by atoms with Crippen LogP contribution in [0.4, 0.5) is 0 Å². The number of nitrogens with zero attached hydrogens (tertiary/aromatic N) is 1. The van der Waals surface area contributed by atoms with Crippen molar-refractivity contribution in [3.8, 4) is 0 Å². The van der Waals surface area contributed by atoms with Gasteiger partial charge in [0, 0.05) is 13.1 Å². The van der Waals surface area contributed by atoms with Gasteiger partial charge in [-0.3, -0.25) is 9.59 Å². The van der Waals surface area contributed by atoms with Gasteiger partial charge in [-0.05, 0) is 30.6 Å². The summed E-state index contributed by atoms with van der Waals surface area (Å²) in [6.45, 7) is 7.41. The Balaban J connectivity index is 2.02. The Bertz CT molecular complexity index is 360. The molecule has 0 saturated heterocycles. The average Bonchev–Trinajstić information content (AvgIpc) is 3.14. The lowest BCUT2D eigenvalue weighted by Crippen LogP contribution is -2.36. The van der Waals surface area contributed by atoms with E-state index in [1.807, 2.05) is 18.7 Å². The second kappa shape index (κ2) is 4.56. The Morgan fingerprint density at radius 1 is 1.28 bits per heavy atom. The summed E-state index contributed by atoms with van der Waals surface area (Å²) in [7, 11) is 0. The maximum atomic E-state index is 12.5. The molecule has 2 saturated carbocycles. The molecule has 1 N–H and O–H groups in total. The second-order valence-corrected chi connectivity index (χ2v) is 6.34. The van der Waals surface area contributed by atoms with Crippen molar-refractivity contribution in [1.82, 2.24) is 4.90 Å². The van der Waals surface area contributed by atoms with Crippen molar-refractivity contribution < 1.29 is 14.7 Å². The molecule has 0 heterocycles. The number of rotatable bonds is 6. The monoisotopic (exact) mass is 253 g/mol. The van der Waals surface area contributed by atoms with Gasteiger partial charge in [-0.25, -0.2) is 0 Å². The summed E-state index contributed by atoms with van der Waals surface area (Å²) >= 11 is 0. The molecule has 0 aromatic carbocycles. The van der Waals surface area contributed by atoms with E-state index in [1.54, 1.807) is 0 Å². The lowest BCUT2D eigenvalue weighted by Gasteiger charge is -2.22. The lowest BCUT2D eigenvalue weighted by molar-refractivity contribution is -0.142. The van der Waals surface area contributed by atoms with Gasteiger partial charge in [0.05, 0.1) is 11.8 Å². The molecule has 0 bridgehead atoms. The minimum atomic E-state index is -0.832. The Labute approximate surface area is 108 Å². The van der Waals surface area contributed by atoms with Gasteiger partial charge in [0.25, 0.3) is 0 Å². The lowest BCUT2D eigenvalue weighted by atomic mass is 10.1. The molecule has 2 aliphatic rings. The van der Waals surface area contributed by atoms with E-state index in [4.69, 9.17) is 5.11 Å². The third-order valence-electron chi connectivity index (χ3n) is 4.34. The zero-order valence-corrected chi connectivity index (χ0v) is 11.5. The minimum Gasteiger partial charge on any atom is -0.481 e. The van der Waals surface area contributed by atoms with E-state index < -0.39 is 11.9 Å². The third kappa shape index (κ3) is 2.38. The number of aliphatic carboxylic acids is 1. The van der Waals surface area contributed by atoms with Gasteiger partial charge in [0.2, 0.25) is 5.91 Å². The van der Waals surface area contributed by atoms with E-state index in [9.17, 15) is 9.59 Å². The fourth-order valence-corrected chi connectivity index (χ4v) is 2.93. The van der Waals surface area contributed by atoms with Crippen molar-refractivity contribution in [2.24, 2.45) is 23.2 Å². The normalized spacial score (nSPS) is 28.8. The predicted molar refractivity (Wildman–Crippen MR) is 68.0 cm³/mol. The maximum Gasteiger partial charge on any atom is 0.307 e. The molecule has 0 aliphatic heterocycles. The van der Waals surface area contributed by atoms with Gasteiger partial charge < -0.3 is 10.0 Å². The van der Waals surface area contributed by atoms with Crippen LogP contribution in [0.15, 0.2) is 0 Å². The van der Waals surface area contributed by atoms with Crippen LogP contribution in [-0.4, -0.2) is 35.0 Å². The zero-order valence-electron chi connectivity index (χ0n) is 11.5. The first kappa shape index (κ1) is 13.4. The van der Waals surface area contributed by atoms with Crippen molar-refractivity contribution in [2.75, 3.05) is 13.1 Å². The van der Waals surface area contributed by atoms with Crippen LogP contribution in [0.25, 0.3) is 0 Å². The molecule has 2 unspecified atom stereocenters. The zero-order chi connectivity index (χ0) is 13.5. The highest BCUT2D eigenvalue weighted by molar-refractivity contribution is 5.91. The molecular formula is C14H23NO3. The van der Waals surface area contributed by atoms with Crippen LogP contribution in [-0.2, 0) is 9.59 Å². The Hall–Kier alpha value is -1.06. The molecular weight excluding hydrogens is 230 g/mol. The number of hydrogen-bond donors (Lipinski definition) is 1. The topological polar surface area (TPSA) is 57.6 Å². The van der Waals surface area contributed by atoms with E-state index >= 15 is 0 Å². The molecule has 1 amide bonds. The highest BCUT2D eigenvalue weighted by atomic mass is 16.4. The van der Waals surface area contributed by atoms with E-state index in [-0.39, 0.29) is 17.2 Å². The summed E-state index contributed by atoms with van der Waals surface area (Å²) < 4.78 is 0. The van der Waals surface area contributed by atoms with Gasteiger partial charge >= 0.3 is 5.97 Å². The SMILES string of the molecule is CCCN(CC1CC1)C(=O)C1C(C(=O)O)C1(C)C. The summed E-state index contributed by atoms with van der Waals surface area (Å²) in [5.74, 6) is -0.933. The number of carboxylic acid groups (broad SMARTS) is 1. The molecule has 0 aromatic heterocycles. The van der Waals surface area contributed by atoms with Gasteiger partial charge in [-0.2, -0.15) is 0 Å². The Morgan fingerprint density at radius 3 is 2.28 bits per heavy atom. The summed E-state index contributed by atoms with van der Waals surface area (Å²) in [6, 6.07) is 0. The minimum absolute atomic E-state index is 0.0566. The van der Waals surface area contributed by atoms with Gasteiger partial charge in [-0.1, -0.05) is 20.8 Å². The number of carbonyl (C=O) groups is 2. The largest absolute Gasteiger partial charge is 0.481 e. The van der Waals surface area contributed by atoms with E-state index in [0.29, 0.717) is 5.92 Å². The summed E-state index contributed by atoms with van der Waals surface area (Å²) in [6.07, 6.45) is 3.36. The first-order chi connectivity index (χ1) is 8.39. The number of carboxylic acids is 1. The highest BCUT2D eigenvalue weighted by Crippen LogP contribution is 2.59. The first-order valence-electron chi connectivity index (χ1n) is 6.91. The maximum absolute atomic E-state index is 12.5. The third-order valence-corrected chi connectivity index (χ3v) is 4.34. The average molecular weight is 253 g/mol. The Kier molecular flexibility index (Phi) is 3.39. The first-order valence-corrected chi connectivity index (χ1v) is 6.91. The van der Waals surface area contributed by atoms with Crippen LogP contribution < -0.4 is 0 Å². The number of carbonyl (C=O) groups excluding carboxylic acids is 1. The van der Waals surface area contributed by atoms with Crippen molar-refractivity contribution in [3.63, 3.8) is 0 Å². The van der Waals surface area contributed by atoms with E-state index in [2.05, 4.69) is 6.92 Å². The summed E-state index contributed by atoms with van der Waals surface area (Å²) in [5.41, 5.74) is -0.377. The fourth-order valence-electron chi connectivity index (χ4n) is 2.93. The second-order valence-electron chi connectivity index (χ2n) is 6.34. The summed E-state index contributed by atoms with van der Waals surface area (Å²) in [4.78, 5) is 25.5. The summed E-state index contributed by atoms with van der Waals surface area (Å²) in [5, 5.41) is 9.14. The number of hydrogen-bond acceptors (Lipinski definition) is 2. The van der Waals surface area contributed by atoms with E-state index in [0.717, 1.165) is 19.5 Å². The number of amides is 1. The quantitative estimate of drug-likeness (QED) is 0.787. The molecule has 18 heavy (non-hydrogen) atoms.